The lowest BCUT2D eigenvalue weighted by Gasteiger charge is -2.33. The van der Waals surface area contributed by atoms with Crippen LogP contribution in [-0.4, -0.2) is 60.9 Å². The van der Waals surface area contributed by atoms with E-state index in [0.717, 1.165) is 32.6 Å². The van der Waals surface area contributed by atoms with Gasteiger partial charge in [0, 0.05) is 39.3 Å². The van der Waals surface area contributed by atoms with E-state index in [1.807, 2.05) is 0 Å². The zero-order chi connectivity index (χ0) is 9.97. The van der Waals surface area contributed by atoms with Gasteiger partial charge in [-0.1, -0.05) is 0 Å². The van der Waals surface area contributed by atoms with Gasteiger partial charge in [-0.2, -0.15) is 0 Å². The molecular weight excluding hydrogens is 182 g/mol. The van der Waals surface area contributed by atoms with E-state index < -0.39 is 0 Å². The summed E-state index contributed by atoms with van der Waals surface area (Å²) in [6.45, 7) is 4.38. The molecule has 0 radical (unpaired) electrons. The van der Waals surface area contributed by atoms with Gasteiger partial charge in [0.15, 0.2) is 0 Å². The summed E-state index contributed by atoms with van der Waals surface area (Å²) in [5, 5.41) is 3.15. The Hall–Kier alpha value is -1.10. The van der Waals surface area contributed by atoms with Crippen LogP contribution in [0.2, 0.25) is 0 Å². The summed E-state index contributed by atoms with van der Waals surface area (Å²) in [4.78, 5) is 26.4. The number of nitrogens with one attached hydrogen (secondary N) is 1. The molecule has 0 aliphatic carbocycles. The lowest BCUT2D eigenvalue weighted by molar-refractivity contribution is -0.154. The van der Waals surface area contributed by atoms with Gasteiger partial charge in [0.25, 0.3) is 0 Å². The van der Waals surface area contributed by atoms with E-state index >= 15 is 0 Å². The van der Waals surface area contributed by atoms with Crippen LogP contribution in [0.1, 0.15) is 6.42 Å². The van der Waals surface area contributed by atoms with Crippen LogP contribution in [0.25, 0.3) is 0 Å². The van der Waals surface area contributed by atoms with Crippen LogP contribution in [0.15, 0.2) is 0 Å². The SMILES string of the molecule is O=C(C(=O)N1CCNCC1)N1CCC1. The topological polar surface area (TPSA) is 52.7 Å². The molecule has 2 heterocycles. The van der Waals surface area contributed by atoms with E-state index in [-0.39, 0.29) is 11.8 Å². The van der Waals surface area contributed by atoms with Crippen molar-refractivity contribution in [2.45, 2.75) is 6.42 Å². The second kappa shape index (κ2) is 3.96. The van der Waals surface area contributed by atoms with Crippen molar-refractivity contribution in [3.63, 3.8) is 0 Å². The first-order valence-corrected chi connectivity index (χ1v) is 5.08. The molecule has 2 rings (SSSR count). The second-order valence-electron chi connectivity index (χ2n) is 3.69. The number of likely N-dealkylation sites (tertiary alicyclic amines) is 1. The first kappa shape index (κ1) is 9.45. The van der Waals surface area contributed by atoms with Crippen molar-refractivity contribution in [3.8, 4) is 0 Å². The van der Waals surface area contributed by atoms with E-state index in [1.165, 1.54) is 0 Å². The third-order valence-corrected chi connectivity index (χ3v) is 2.73. The second-order valence-corrected chi connectivity index (χ2v) is 3.69. The molecule has 0 saturated carbocycles. The molecule has 0 bridgehead atoms. The Bertz CT molecular complexity index is 244. The van der Waals surface area contributed by atoms with Gasteiger partial charge >= 0.3 is 11.8 Å². The molecule has 14 heavy (non-hydrogen) atoms. The summed E-state index contributed by atoms with van der Waals surface area (Å²) in [5.74, 6) is -0.649. The van der Waals surface area contributed by atoms with Crippen LogP contribution < -0.4 is 5.32 Å². The van der Waals surface area contributed by atoms with Crippen molar-refractivity contribution >= 4 is 11.8 Å². The molecule has 5 nitrogen and oxygen atoms in total. The third kappa shape index (κ3) is 1.72. The molecule has 2 saturated heterocycles. The molecule has 0 aromatic carbocycles. The molecule has 0 aromatic rings. The van der Waals surface area contributed by atoms with Gasteiger partial charge in [0.2, 0.25) is 0 Å². The van der Waals surface area contributed by atoms with Gasteiger partial charge in [0.05, 0.1) is 0 Å². The van der Waals surface area contributed by atoms with Crippen LogP contribution >= 0.6 is 0 Å². The first-order valence-electron chi connectivity index (χ1n) is 5.08. The Balaban J connectivity index is 1.89. The molecule has 78 valence electrons. The average molecular weight is 197 g/mol. The van der Waals surface area contributed by atoms with E-state index in [2.05, 4.69) is 5.32 Å². The Morgan fingerprint density at radius 2 is 1.36 bits per heavy atom. The fraction of sp³-hybridized carbons (Fsp3) is 0.778. The summed E-state index contributed by atoms with van der Waals surface area (Å²) in [6, 6.07) is 0. The van der Waals surface area contributed by atoms with E-state index in [4.69, 9.17) is 0 Å². The highest BCUT2D eigenvalue weighted by Gasteiger charge is 2.30. The standard InChI is InChI=1S/C9H15N3O2/c13-8(11-4-1-5-11)9(14)12-6-2-10-3-7-12/h10H,1-7H2. The fourth-order valence-electron chi connectivity index (χ4n) is 1.66. The Morgan fingerprint density at radius 3 is 1.79 bits per heavy atom. The average Bonchev–Trinajstić information content (AvgIpc) is 2.15. The summed E-state index contributed by atoms with van der Waals surface area (Å²) in [7, 11) is 0. The van der Waals surface area contributed by atoms with Crippen molar-refractivity contribution in [3.05, 3.63) is 0 Å². The van der Waals surface area contributed by atoms with Crippen molar-refractivity contribution in [1.29, 1.82) is 0 Å². The minimum Gasteiger partial charge on any atom is -0.334 e. The maximum atomic E-state index is 11.6. The molecule has 2 aliphatic rings. The number of amides is 2. The molecule has 0 unspecified atom stereocenters. The summed E-state index contributed by atoms with van der Waals surface area (Å²) >= 11 is 0. The number of carbonyl (C=O) groups excluding carboxylic acids is 2. The normalized spacial score (nSPS) is 21.7. The van der Waals surface area contributed by atoms with Crippen molar-refractivity contribution in [2.24, 2.45) is 0 Å². The highest BCUT2D eigenvalue weighted by Crippen LogP contribution is 2.07. The molecule has 2 fully saturated rings. The van der Waals surface area contributed by atoms with Gasteiger partial charge < -0.3 is 15.1 Å². The Kier molecular flexibility index (Phi) is 2.67. The van der Waals surface area contributed by atoms with Crippen LogP contribution in [0, 0.1) is 0 Å². The molecular formula is C9H15N3O2. The van der Waals surface area contributed by atoms with Crippen LogP contribution in [-0.2, 0) is 9.59 Å². The maximum Gasteiger partial charge on any atom is 0.312 e. The van der Waals surface area contributed by atoms with Gasteiger partial charge in [-0.05, 0) is 6.42 Å². The van der Waals surface area contributed by atoms with Crippen LogP contribution in [0.3, 0.4) is 0 Å². The lowest BCUT2D eigenvalue weighted by Crippen LogP contribution is -2.54. The molecule has 2 aliphatic heterocycles. The van der Waals surface area contributed by atoms with E-state index in [9.17, 15) is 9.59 Å². The summed E-state index contributed by atoms with van der Waals surface area (Å²) < 4.78 is 0. The largest absolute Gasteiger partial charge is 0.334 e. The van der Waals surface area contributed by atoms with Gasteiger partial charge in [0.1, 0.15) is 0 Å². The van der Waals surface area contributed by atoms with Crippen LogP contribution in [0.5, 0.6) is 0 Å². The molecule has 0 atom stereocenters. The molecule has 2 amide bonds. The van der Waals surface area contributed by atoms with Gasteiger partial charge in [-0.25, -0.2) is 0 Å². The molecule has 1 N–H and O–H groups in total. The van der Waals surface area contributed by atoms with E-state index in [0.29, 0.717) is 13.1 Å². The Labute approximate surface area is 83.0 Å². The lowest BCUT2D eigenvalue weighted by atomic mass is 10.2. The zero-order valence-electron chi connectivity index (χ0n) is 8.16. The van der Waals surface area contributed by atoms with Crippen molar-refractivity contribution in [2.75, 3.05) is 39.3 Å². The first-order chi connectivity index (χ1) is 6.79. The highest BCUT2D eigenvalue weighted by atomic mass is 16.2. The minimum atomic E-state index is -0.328. The predicted molar refractivity (Wildman–Crippen MR) is 50.6 cm³/mol. The van der Waals surface area contributed by atoms with Crippen LogP contribution in [0.4, 0.5) is 0 Å². The summed E-state index contributed by atoms with van der Waals surface area (Å²) in [5.41, 5.74) is 0. The number of hydrogen-bond acceptors (Lipinski definition) is 3. The Morgan fingerprint density at radius 1 is 0.857 bits per heavy atom. The fourth-order valence-corrected chi connectivity index (χ4v) is 1.66. The number of nitrogens with zero attached hydrogens (tertiary/aromatic N) is 2. The quantitative estimate of drug-likeness (QED) is 0.489. The zero-order valence-corrected chi connectivity index (χ0v) is 8.16. The maximum absolute atomic E-state index is 11.6. The van der Waals surface area contributed by atoms with E-state index in [1.54, 1.807) is 9.80 Å². The van der Waals surface area contributed by atoms with Gasteiger partial charge in [-0.15, -0.1) is 0 Å². The highest BCUT2D eigenvalue weighted by molar-refractivity contribution is 6.35. The molecule has 0 aromatic heterocycles. The minimum absolute atomic E-state index is 0.321. The smallest absolute Gasteiger partial charge is 0.312 e. The number of piperazine rings is 1. The summed E-state index contributed by atoms with van der Waals surface area (Å²) in [6.07, 6.45) is 1.03. The van der Waals surface area contributed by atoms with Crippen molar-refractivity contribution in [1.82, 2.24) is 15.1 Å². The predicted octanol–water partition coefficient (Wildman–Crippen LogP) is -1.35. The number of rotatable bonds is 0. The number of carbonyl (C=O) groups is 2. The van der Waals surface area contributed by atoms with Crippen molar-refractivity contribution < 1.29 is 9.59 Å². The third-order valence-electron chi connectivity index (χ3n) is 2.73. The monoisotopic (exact) mass is 197 g/mol. The molecule has 0 spiro atoms. The molecule has 5 heteroatoms. The number of hydrogen-bond donors (Lipinski definition) is 1. The van der Waals surface area contributed by atoms with Gasteiger partial charge in [-0.3, -0.25) is 9.59 Å².